The predicted octanol–water partition coefficient (Wildman–Crippen LogP) is 1.07. The molecule has 0 radical (unpaired) electrons. The molecule has 0 aromatic carbocycles. The number of aromatic nitrogens is 2. The molecule has 1 aliphatic heterocycles. The van der Waals surface area contributed by atoms with Crippen LogP contribution in [0.2, 0.25) is 0 Å². The molecule has 1 unspecified atom stereocenters. The fraction of sp³-hybridized carbons (Fsp3) is 0.600. The van der Waals surface area contributed by atoms with Gasteiger partial charge in [-0.05, 0) is 0 Å². The van der Waals surface area contributed by atoms with Gasteiger partial charge in [-0.15, -0.1) is 0 Å². The van der Waals surface area contributed by atoms with E-state index >= 15 is 0 Å². The number of halogens is 3. The minimum absolute atomic E-state index is 0.135. The lowest BCUT2D eigenvalue weighted by Crippen LogP contribution is -2.37. The van der Waals surface area contributed by atoms with E-state index in [9.17, 15) is 17.7 Å². The molecule has 1 fully saturated rings. The second-order valence-electron chi connectivity index (χ2n) is 3.95. The Bertz CT molecular complexity index is 450. The minimum Gasteiger partial charge on any atom is -0.609 e. The van der Waals surface area contributed by atoms with Crippen molar-refractivity contribution in [1.29, 1.82) is 0 Å². The molecule has 0 aliphatic carbocycles. The molecule has 1 aliphatic rings. The highest BCUT2D eigenvalue weighted by Gasteiger charge is 2.35. The zero-order chi connectivity index (χ0) is 14.0. The third-order valence-electron chi connectivity index (χ3n) is 2.57. The van der Waals surface area contributed by atoms with Gasteiger partial charge in [-0.25, -0.2) is 0 Å². The Morgan fingerprint density at radius 1 is 1.32 bits per heavy atom. The Morgan fingerprint density at radius 2 is 1.95 bits per heavy atom. The summed E-state index contributed by atoms with van der Waals surface area (Å²) in [7, 11) is 0. The highest BCUT2D eigenvalue weighted by molar-refractivity contribution is 7.90. The van der Waals surface area contributed by atoms with E-state index in [4.69, 9.17) is 4.74 Å². The quantitative estimate of drug-likeness (QED) is 0.603. The molecule has 0 N–H and O–H groups in total. The zero-order valence-corrected chi connectivity index (χ0v) is 10.9. The third-order valence-corrected chi connectivity index (χ3v) is 3.27. The maximum atomic E-state index is 12.7. The summed E-state index contributed by atoms with van der Waals surface area (Å²) in [6.45, 7) is 1.75. The first-order valence-corrected chi connectivity index (χ1v) is 7.06. The van der Waals surface area contributed by atoms with E-state index in [0.717, 1.165) is 6.07 Å². The minimum atomic E-state index is -4.59. The molecule has 0 saturated carbocycles. The maximum Gasteiger partial charge on any atom is 0.433 e. The number of hydrogen-bond donors (Lipinski definition) is 0. The molecule has 1 atom stereocenters. The zero-order valence-electron chi connectivity index (χ0n) is 10.1. The second kappa shape index (κ2) is 5.51. The van der Waals surface area contributed by atoms with E-state index in [1.165, 1.54) is 6.26 Å². The van der Waals surface area contributed by atoms with E-state index < -0.39 is 23.0 Å². The van der Waals surface area contributed by atoms with Gasteiger partial charge in [0.25, 0.3) is 0 Å². The van der Waals surface area contributed by atoms with Crippen molar-refractivity contribution in [2.24, 2.45) is 0 Å². The molecule has 0 amide bonds. The third kappa shape index (κ3) is 3.48. The van der Waals surface area contributed by atoms with Gasteiger partial charge in [-0.3, -0.25) is 0 Å². The summed E-state index contributed by atoms with van der Waals surface area (Å²) in [4.78, 5) is 8.90. The highest BCUT2D eigenvalue weighted by Crippen LogP contribution is 2.30. The molecule has 0 bridgehead atoms. The Balaban J connectivity index is 2.39. The van der Waals surface area contributed by atoms with Crippen molar-refractivity contribution in [3.05, 3.63) is 11.8 Å². The first-order valence-electron chi connectivity index (χ1n) is 5.50. The van der Waals surface area contributed by atoms with E-state index in [1.807, 2.05) is 0 Å². The Kier molecular flexibility index (Phi) is 4.16. The first-order chi connectivity index (χ1) is 8.88. The standard InChI is InChI=1S/C10H12F3N3O2S/c1-19(17)9-14-7(10(11,12)13)6-8(15-9)16-2-4-18-5-3-16/h6H,2-5H2,1H3. The van der Waals surface area contributed by atoms with Crippen LogP contribution in [-0.4, -0.2) is 47.1 Å². The summed E-state index contributed by atoms with van der Waals surface area (Å²) in [5.74, 6) is 0.135. The molecule has 19 heavy (non-hydrogen) atoms. The van der Waals surface area contributed by atoms with Crippen LogP contribution < -0.4 is 4.90 Å². The van der Waals surface area contributed by atoms with E-state index in [2.05, 4.69) is 9.97 Å². The van der Waals surface area contributed by atoms with Crippen LogP contribution in [0.1, 0.15) is 5.69 Å². The molecule has 106 valence electrons. The van der Waals surface area contributed by atoms with Crippen molar-refractivity contribution in [2.75, 3.05) is 37.5 Å². The summed E-state index contributed by atoms with van der Waals surface area (Å²) >= 11 is -1.67. The monoisotopic (exact) mass is 295 g/mol. The molecule has 5 nitrogen and oxygen atoms in total. The van der Waals surface area contributed by atoms with Crippen LogP contribution in [0.5, 0.6) is 0 Å². The van der Waals surface area contributed by atoms with Crippen LogP contribution in [0.3, 0.4) is 0 Å². The van der Waals surface area contributed by atoms with Gasteiger partial charge in [0.05, 0.1) is 13.2 Å². The van der Waals surface area contributed by atoms with Crippen LogP contribution in [0.4, 0.5) is 19.0 Å². The largest absolute Gasteiger partial charge is 0.609 e. The lowest BCUT2D eigenvalue weighted by Gasteiger charge is -2.28. The fourth-order valence-corrected chi connectivity index (χ4v) is 2.09. The smallest absolute Gasteiger partial charge is 0.433 e. The molecule has 2 heterocycles. The van der Waals surface area contributed by atoms with Gasteiger partial charge in [-0.1, -0.05) is 0 Å². The average Bonchev–Trinajstić information content (AvgIpc) is 2.38. The Morgan fingerprint density at radius 3 is 2.47 bits per heavy atom. The van der Waals surface area contributed by atoms with Crippen LogP contribution in [0, 0.1) is 0 Å². The van der Waals surface area contributed by atoms with Gasteiger partial charge in [0.1, 0.15) is 12.1 Å². The van der Waals surface area contributed by atoms with Crippen molar-refractivity contribution in [1.82, 2.24) is 9.97 Å². The number of morpholine rings is 1. The van der Waals surface area contributed by atoms with Gasteiger partial charge in [0.15, 0.2) is 5.69 Å². The number of ether oxygens (including phenoxy) is 1. The number of hydrogen-bond acceptors (Lipinski definition) is 5. The van der Waals surface area contributed by atoms with Crippen LogP contribution >= 0.6 is 0 Å². The van der Waals surface area contributed by atoms with E-state index in [1.54, 1.807) is 4.90 Å². The fourth-order valence-electron chi connectivity index (χ4n) is 1.64. The molecule has 1 aromatic heterocycles. The highest BCUT2D eigenvalue weighted by atomic mass is 32.2. The molecule has 1 saturated heterocycles. The molecule has 2 rings (SSSR count). The normalized spacial score (nSPS) is 18.5. The lowest BCUT2D eigenvalue weighted by atomic mass is 10.3. The summed E-state index contributed by atoms with van der Waals surface area (Å²) < 4.78 is 54.7. The SMILES string of the molecule is C[S+]([O-])c1nc(N2CCOCC2)cc(C(F)(F)F)n1. The van der Waals surface area contributed by atoms with Crippen molar-refractivity contribution in [3.8, 4) is 0 Å². The van der Waals surface area contributed by atoms with Crippen LogP contribution in [0.15, 0.2) is 11.2 Å². The Labute approximate surface area is 111 Å². The molecular formula is C10H12F3N3O2S. The number of nitrogens with zero attached hydrogens (tertiary/aromatic N) is 3. The second-order valence-corrected chi connectivity index (χ2v) is 5.22. The summed E-state index contributed by atoms with van der Waals surface area (Å²) in [5, 5.41) is -0.309. The van der Waals surface area contributed by atoms with Crippen molar-refractivity contribution in [2.45, 2.75) is 11.3 Å². The van der Waals surface area contributed by atoms with Gasteiger partial charge in [-0.2, -0.15) is 23.1 Å². The summed E-state index contributed by atoms with van der Waals surface area (Å²) in [6.07, 6.45) is -3.34. The van der Waals surface area contributed by atoms with Crippen molar-refractivity contribution in [3.63, 3.8) is 0 Å². The molecule has 0 spiro atoms. The van der Waals surface area contributed by atoms with Gasteiger partial charge >= 0.3 is 11.3 Å². The van der Waals surface area contributed by atoms with Gasteiger partial charge < -0.3 is 14.2 Å². The van der Waals surface area contributed by atoms with Crippen molar-refractivity contribution < 1.29 is 22.5 Å². The average molecular weight is 295 g/mol. The maximum absolute atomic E-state index is 12.7. The number of anilines is 1. The van der Waals surface area contributed by atoms with E-state index in [0.29, 0.717) is 26.3 Å². The first kappa shape index (κ1) is 14.4. The van der Waals surface area contributed by atoms with Crippen molar-refractivity contribution >= 4 is 17.0 Å². The number of alkyl halides is 3. The van der Waals surface area contributed by atoms with Crippen LogP contribution in [-0.2, 0) is 22.1 Å². The topological polar surface area (TPSA) is 61.3 Å². The van der Waals surface area contributed by atoms with Crippen LogP contribution in [0.25, 0.3) is 0 Å². The molecular weight excluding hydrogens is 283 g/mol. The summed E-state index contributed by atoms with van der Waals surface area (Å²) in [6, 6.07) is 0.877. The van der Waals surface area contributed by atoms with E-state index in [-0.39, 0.29) is 11.0 Å². The Hall–Kier alpha value is -1.06. The van der Waals surface area contributed by atoms with Gasteiger partial charge in [0.2, 0.25) is 0 Å². The van der Waals surface area contributed by atoms with Gasteiger partial charge in [0, 0.05) is 30.3 Å². The predicted molar refractivity (Wildman–Crippen MR) is 62.4 cm³/mol. The lowest BCUT2D eigenvalue weighted by molar-refractivity contribution is -0.141. The number of rotatable bonds is 2. The summed E-state index contributed by atoms with van der Waals surface area (Å²) in [5.41, 5.74) is -1.07. The molecule has 1 aromatic rings. The molecule has 9 heteroatoms.